The lowest BCUT2D eigenvalue weighted by atomic mass is 9.92. The molecule has 2 saturated heterocycles. The summed E-state index contributed by atoms with van der Waals surface area (Å²) in [5.74, 6) is -0.156. The third kappa shape index (κ3) is 3.51. The van der Waals surface area contributed by atoms with Crippen LogP contribution in [0.25, 0.3) is 0 Å². The second kappa shape index (κ2) is 6.84. The number of piperidine rings is 1. The molecule has 0 saturated carbocycles. The zero-order valence-electron chi connectivity index (χ0n) is 14.6. The second-order valence-corrected chi connectivity index (χ2v) is 7.06. The Labute approximate surface area is 147 Å². The van der Waals surface area contributed by atoms with Crippen molar-refractivity contribution >= 4 is 17.8 Å². The van der Waals surface area contributed by atoms with Gasteiger partial charge in [-0.25, -0.2) is 4.79 Å². The van der Waals surface area contributed by atoms with Gasteiger partial charge in [0.2, 0.25) is 0 Å². The molecule has 2 aliphatic rings. The Balaban J connectivity index is 1.64. The molecule has 1 aromatic carbocycles. The van der Waals surface area contributed by atoms with E-state index in [2.05, 4.69) is 17.7 Å². The van der Waals surface area contributed by atoms with Crippen LogP contribution in [0.4, 0.5) is 4.79 Å². The van der Waals surface area contributed by atoms with Gasteiger partial charge in [-0.15, -0.1) is 0 Å². The summed E-state index contributed by atoms with van der Waals surface area (Å²) >= 11 is 0. The fourth-order valence-electron chi connectivity index (χ4n) is 3.29. The lowest BCUT2D eigenvalue weighted by Gasteiger charge is -2.30. The van der Waals surface area contributed by atoms with E-state index in [0.717, 1.165) is 30.9 Å². The largest absolute Gasteiger partial charge is 0.344 e. The van der Waals surface area contributed by atoms with Gasteiger partial charge in [0.1, 0.15) is 5.54 Å². The van der Waals surface area contributed by atoms with E-state index >= 15 is 0 Å². The number of nitrogens with zero attached hydrogens (tertiary/aromatic N) is 2. The van der Waals surface area contributed by atoms with Crippen molar-refractivity contribution in [1.82, 2.24) is 20.7 Å². The summed E-state index contributed by atoms with van der Waals surface area (Å²) in [5.41, 5.74) is 1.95. The predicted molar refractivity (Wildman–Crippen MR) is 92.2 cm³/mol. The molecule has 2 aliphatic heterocycles. The molecule has 25 heavy (non-hydrogen) atoms. The Morgan fingerprint density at radius 3 is 2.52 bits per heavy atom. The number of hydrogen-bond donors (Lipinski definition) is 2. The van der Waals surface area contributed by atoms with E-state index in [1.54, 1.807) is 31.2 Å². The average Bonchev–Trinajstić information content (AvgIpc) is 2.82. The van der Waals surface area contributed by atoms with Gasteiger partial charge < -0.3 is 5.32 Å². The number of imide groups is 1. The van der Waals surface area contributed by atoms with E-state index < -0.39 is 17.5 Å². The number of urea groups is 1. The molecule has 3 rings (SSSR count). The van der Waals surface area contributed by atoms with Crippen LogP contribution in [0.15, 0.2) is 30.3 Å². The van der Waals surface area contributed by atoms with Crippen molar-refractivity contribution in [2.75, 3.05) is 19.6 Å². The molecular formula is C18H24N4O3. The number of likely N-dealkylation sites (tertiary alicyclic amines) is 1. The highest BCUT2D eigenvalue weighted by Gasteiger charge is 2.50. The van der Waals surface area contributed by atoms with Gasteiger partial charge in [0.25, 0.3) is 11.8 Å². The Morgan fingerprint density at radius 1 is 1.24 bits per heavy atom. The van der Waals surface area contributed by atoms with E-state index in [-0.39, 0.29) is 12.5 Å². The Morgan fingerprint density at radius 2 is 1.88 bits per heavy atom. The van der Waals surface area contributed by atoms with Crippen molar-refractivity contribution in [3.05, 3.63) is 35.9 Å². The SMILES string of the molecule is CC1CCN(CC(=O)NN2C(=O)N[C@@](C)(c3ccccc3)C2=O)CC1. The standard InChI is InChI=1S/C18H24N4O3/c1-13-8-10-21(11-9-13)12-15(23)20-22-16(24)18(2,19-17(22)25)14-6-4-3-5-7-14/h3-7,13H,8-12H2,1-2H3,(H,19,25)(H,20,23)/t18-/m0/s1. The number of rotatable bonds is 4. The van der Waals surface area contributed by atoms with Crippen LogP contribution < -0.4 is 10.7 Å². The maximum atomic E-state index is 12.7. The number of amides is 4. The monoisotopic (exact) mass is 344 g/mol. The fourth-order valence-corrected chi connectivity index (χ4v) is 3.29. The molecule has 0 unspecified atom stereocenters. The highest BCUT2D eigenvalue weighted by atomic mass is 16.2. The molecule has 0 aromatic heterocycles. The van der Waals surface area contributed by atoms with Crippen molar-refractivity contribution in [3.8, 4) is 0 Å². The zero-order valence-corrected chi connectivity index (χ0v) is 14.6. The van der Waals surface area contributed by atoms with Gasteiger partial charge in [-0.1, -0.05) is 37.3 Å². The molecule has 7 heteroatoms. The fraction of sp³-hybridized carbons (Fsp3) is 0.500. The van der Waals surface area contributed by atoms with Crippen molar-refractivity contribution in [1.29, 1.82) is 0 Å². The van der Waals surface area contributed by atoms with E-state index in [1.807, 2.05) is 11.0 Å². The van der Waals surface area contributed by atoms with Crippen molar-refractivity contribution in [2.24, 2.45) is 5.92 Å². The van der Waals surface area contributed by atoms with E-state index in [4.69, 9.17) is 0 Å². The Bertz CT molecular complexity index is 670. The molecule has 1 atom stereocenters. The van der Waals surface area contributed by atoms with Crippen LogP contribution in [0.1, 0.15) is 32.3 Å². The summed E-state index contributed by atoms with van der Waals surface area (Å²) < 4.78 is 0. The predicted octanol–water partition coefficient (Wildman–Crippen LogP) is 1.22. The van der Waals surface area contributed by atoms with Gasteiger partial charge in [-0.05, 0) is 44.3 Å². The second-order valence-electron chi connectivity index (χ2n) is 7.06. The van der Waals surface area contributed by atoms with Crippen LogP contribution >= 0.6 is 0 Å². The van der Waals surface area contributed by atoms with Gasteiger partial charge >= 0.3 is 6.03 Å². The third-order valence-electron chi connectivity index (χ3n) is 5.02. The molecule has 4 amide bonds. The van der Waals surface area contributed by atoms with Crippen LogP contribution in [0, 0.1) is 5.92 Å². The van der Waals surface area contributed by atoms with E-state index in [1.165, 1.54) is 0 Å². The first-order valence-corrected chi connectivity index (χ1v) is 8.64. The molecule has 7 nitrogen and oxygen atoms in total. The van der Waals surface area contributed by atoms with Crippen molar-refractivity contribution in [2.45, 2.75) is 32.2 Å². The maximum absolute atomic E-state index is 12.7. The molecule has 2 heterocycles. The van der Waals surface area contributed by atoms with Crippen molar-refractivity contribution < 1.29 is 14.4 Å². The number of hydrogen-bond acceptors (Lipinski definition) is 4. The molecule has 0 radical (unpaired) electrons. The molecule has 2 fully saturated rings. The zero-order chi connectivity index (χ0) is 18.0. The summed E-state index contributed by atoms with van der Waals surface area (Å²) in [6.45, 7) is 5.74. The van der Waals surface area contributed by atoms with Gasteiger partial charge in [0, 0.05) is 0 Å². The normalized spacial score (nSPS) is 25.1. The maximum Gasteiger partial charge on any atom is 0.344 e. The molecular weight excluding hydrogens is 320 g/mol. The lowest BCUT2D eigenvalue weighted by Crippen LogP contribution is -2.51. The van der Waals surface area contributed by atoms with E-state index in [9.17, 15) is 14.4 Å². The first-order valence-electron chi connectivity index (χ1n) is 8.64. The minimum atomic E-state index is -1.17. The molecule has 134 valence electrons. The van der Waals surface area contributed by atoms with Crippen molar-refractivity contribution in [3.63, 3.8) is 0 Å². The molecule has 2 N–H and O–H groups in total. The van der Waals surface area contributed by atoms with Crippen LogP contribution in [0.2, 0.25) is 0 Å². The number of carbonyl (C=O) groups excluding carboxylic acids is 3. The summed E-state index contributed by atoms with van der Waals surface area (Å²) in [5, 5.41) is 3.46. The summed E-state index contributed by atoms with van der Waals surface area (Å²) in [4.78, 5) is 39.2. The molecule has 0 aliphatic carbocycles. The van der Waals surface area contributed by atoms with Gasteiger partial charge in [-0.3, -0.25) is 19.9 Å². The topological polar surface area (TPSA) is 81.8 Å². The van der Waals surface area contributed by atoms with Crippen LogP contribution in [0.3, 0.4) is 0 Å². The number of carbonyl (C=O) groups is 3. The summed E-state index contributed by atoms with van der Waals surface area (Å²) in [6.07, 6.45) is 2.12. The number of hydrazine groups is 1. The average molecular weight is 344 g/mol. The summed E-state index contributed by atoms with van der Waals surface area (Å²) in [7, 11) is 0. The number of benzene rings is 1. The minimum Gasteiger partial charge on any atom is -0.318 e. The Hall–Kier alpha value is -2.41. The molecule has 0 bridgehead atoms. The smallest absolute Gasteiger partial charge is 0.318 e. The number of nitrogens with one attached hydrogen (secondary N) is 2. The molecule has 1 aromatic rings. The third-order valence-corrected chi connectivity index (χ3v) is 5.02. The Kier molecular flexibility index (Phi) is 4.76. The lowest BCUT2D eigenvalue weighted by molar-refractivity contribution is -0.139. The quantitative estimate of drug-likeness (QED) is 0.805. The first-order chi connectivity index (χ1) is 11.9. The minimum absolute atomic E-state index is 0.186. The van der Waals surface area contributed by atoms with Crippen LogP contribution in [-0.2, 0) is 15.1 Å². The van der Waals surface area contributed by atoms with Gasteiger partial charge in [0.05, 0.1) is 6.54 Å². The highest BCUT2D eigenvalue weighted by Crippen LogP contribution is 2.27. The van der Waals surface area contributed by atoms with Crippen LogP contribution in [0.5, 0.6) is 0 Å². The molecule has 0 spiro atoms. The first kappa shape index (κ1) is 17.4. The van der Waals surface area contributed by atoms with E-state index in [0.29, 0.717) is 11.5 Å². The van der Waals surface area contributed by atoms with Gasteiger partial charge in [-0.2, -0.15) is 5.01 Å². The summed E-state index contributed by atoms with van der Waals surface area (Å²) in [6, 6.07) is 8.39. The highest BCUT2D eigenvalue weighted by molar-refractivity contribution is 6.08. The van der Waals surface area contributed by atoms with Gasteiger partial charge in [0.15, 0.2) is 0 Å². The van der Waals surface area contributed by atoms with Crippen LogP contribution in [-0.4, -0.2) is 47.4 Å².